The maximum absolute atomic E-state index is 12.0. The van der Waals surface area contributed by atoms with Crippen molar-refractivity contribution in [2.75, 3.05) is 13.7 Å². The monoisotopic (exact) mass is 289 g/mol. The van der Waals surface area contributed by atoms with Crippen molar-refractivity contribution in [1.82, 2.24) is 5.32 Å². The zero-order chi connectivity index (χ0) is 15.1. The SMILES string of the molecule is COc1ccc(OC(C)C(=O)NCC2=CCCCC2)cc1. The van der Waals surface area contributed by atoms with E-state index in [1.165, 1.54) is 18.4 Å². The van der Waals surface area contributed by atoms with Crippen LogP contribution < -0.4 is 14.8 Å². The highest BCUT2D eigenvalue weighted by molar-refractivity contribution is 5.80. The van der Waals surface area contributed by atoms with Crippen molar-refractivity contribution in [2.45, 2.75) is 38.7 Å². The summed E-state index contributed by atoms with van der Waals surface area (Å²) in [6.45, 7) is 2.39. The third-order valence-corrected chi connectivity index (χ3v) is 3.62. The number of ether oxygens (including phenoxy) is 2. The highest BCUT2D eigenvalue weighted by Gasteiger charge is 2.15. The van der Waals surface area contributed by atoms with Crippen LogP contribution in [0.3, 0.4) is 0 Å². The zero-order valence-electron chi connectivity index (χ0n) is 12.7. The van der Waals surface area contributed by atoms with Gasteiger partial charge in [0.1, 0.15) is 11.5 Å². The molecule has 0 fully saturated rings. The van der Waals surface area contributed by atoms with Crippen LogP contribution in [-0.2, 0) is 4.79 Å². The molecule has 1 unspecified atom stereocenters. The fraction of sp³-hybridized carbons (Fsp3) is 0.471. The van der Waals surface area contributed by atoms with Crippen LogP contribution >= 0.6 is 0 Å². The smallest absolute Gasteiger partial charge is 0.261 e. The van der Waals surface area contributed by atoms with E-state index in [4.69, 9.17) is 9.47 Å². The summed E-state index contributed by atoms with van der Waals surface area (Å²) in [6, 6.07) is 7.22. The number of carbonyl (C=O) groups is 1. The lowest BCUT2D eigenvalue weighted by atomic mass is 10.00. The average molecular weight is 289 g/mol. The van der Waals surface area contributed by atoms with Crippen molar-refractivity contribution in [3.05, 3.63) is 35.9 Å². The lowest BCUT2D eigenvalue weighted by Crippen LogP contribution is -2.37. The Morgan fingerprint density at radius 1 is 1.24 bits per heavy atom. The van der Waals surface area contributed by atoms with Gasteiger partial charge in [-0.3, -0.25) is 4.79 Å². The van der Waals surface area contributed by atoms with Gasteiger partial charge in [0, 0.05) is 6.54 Å². The van der Waals surface area contributed by atoms with Crippen molar-refractivity contribution >= 4 is 5.91 Å². The molecule has 2 rings (SSSR count). The summed E-state index contributed by atoms with van der Waals surface area (Å²) in [5.41, 5.74) is 1.33. The fourth-order valence-electron chi connectivity index (χ4n) is 2.32. The average Bonchev–Trinajstić information content (AvgIpc) is 2.54. The first kappa shape index (κ1) is 15.4. The van der Waals surface area contributed by atoms with Crippen LogP contribution in [0.5, 0.6) is 11.5 Å². The zero-order valence-corrected chi connectivity index (χ0v) is 12.7. The molecular formula is C17H23NO3. The third kappa shape index (κ3) is 4.81. The van der Waals surface area contributed by atoms with Gasteiger partial charge < -0.3 is 14.8 Å². The van der Waals surface area contributed by atoms with Gasteiger partial charge in [0.25, 0.3) is 5.91 Å². The number of amides is 1. The number of methoxy groups -OCH3 is 1. The predicted octanol–water partition coefficient (Wildman–Crippen LogP) is 3.08. The minimum absolute atomic E-state index is 0.0858. The standard InChI is InChI=1S/C17H23NO3/c1-13(21-16-10-8-15(20-2)9-11-16)17(19)18-12-14-6-4-3-5-7-14/h6,8-11,13H,3-5,7,12H2,1-2H3,(H,18,19). The second kappa shape index (κ2) is 7.72. The largest absolute Gasteiger partial charge is 0.497 e. The molecule has 0 saturated carbocycles. The summed E-state index contributed by atoms with van der Waals surface area (Å²) >= 11 is 0. The van der Waals surface area contributed by atoms with Gasteiger partial charge in [0.2, 0.25) is 0 Å². The van der Waals surface area contributed by atoms with Crippen molar-refractivity contribution in [2.24, 2.45) is 0 Å². The molecule has 4 nitrogen and oxygen atoms in total. The molecule has 0 bridgehead atoms. The second-order valence-electron chi connectivity index (χ2n) is 5.26. The van der Waals surface area contributed by atoms with E-state index in [1.54, 1.807) is 26.2 Å². The lowest BCUT2D eigenvalue weighted by Gasteiger charge is -2.17. The van der Waals surface area contributed by atoms with Crippen LogP contribution in [0.15, 0.2) is 35.9 Å². The van der Waals surface area contributed by atoms with Crippen molar-refractivity contribution in [1.29, 1.82) is 0 Å². The normalized spacial score (nSPS) is 15.8. The summed E-state index contributed by atoms with van der Waals surface area (Å²) in [7, 11) is 1.62. The molecule has 0 spiro atoms. The topological polar surface area (TPSA) is 47.6 Å². The van der Waals surface area contributed by atoms with Gasteiger partial charge in [-0.2, -0.15) is 0 Å². The molecule has 0 aromatic heterocycles. The Morgan fingerprint density at radius 2 is 1.95 bits per heavy atom. The molecule has 1 aliphatic carbocycles. The van der Waals surface area contributed by atoms with Crippen LogP contribution in [0.2, 0.25) is 0 Å². The van der Waals surface area contributed by atoms with E-state index in [0.717, 1.165) is 18.6 Å². The van der Waals surface area contributed by atoms with Crippen molar-refractivity contribution in [3.63, 3.8) is 0 Å². The summed E-state index contributed by atoms with van der Waals surface area (Å²) in [5, 5.41) is 2.94. The van der Waals surface area contributed by atoms with Crippen LogP contribution in [0, 0.1) is 0 Å². The number of benzene rings is 1. The summed E-state index contributed by atoms with van der Waals surface area (Å²) < 4.78 is 10.7. The van der Waals surface area contributed by atoms with Gasteiger partial charge in [-0.1, -0.05) is 11.6 Å². The molecule has 0 radical (unpaired) electrons. The number of allylic oxidation sites excluding steroid dienone is 1. The second-order valence-corrected chi connectivity index (χ2v) is 5.26. The molecule has 0 saturated heterocycles. The highest BCUT2D eigenvalue weighted by Crippen LogP contribution is 2.18. The first-order valence-electron chi connectivity index (χ1n) is 7.45. The molecule has 114 valence electrons. The van der Waals surface area contributed by atoms with Crippen LogP contribution in [0.25, 0.3) is 0 Å². The van der Waals surface area contributed by atoms with Gasteiger partial charge in [-0.15, -0.1) is 0 Å². The maximum Gasteiger partial charge on any atom is 0.261 e. The van der Waals surface area contributed by atoms with Crippen LogP contribution in [-0.4, -0.2) is 25.7 Å². The Morgan fingerprint density at radius 3 is 2.57 bits per heavy atom. The molecule has 1 N–H and O–H groups in total. The predicted molar refractivity (Wildman–Crippen MR) is 82.6 cm³/mol. The molecule has 1 aromatic carbocycles. The van der Waals surface area contributed by atoms with Gasteiger partial charge in [0.05, 0.1) is 7.11 Å². The van der Waals surface area contributed by atoms with E-state index in [0.29, 0.717) is 12.3 Å². The Kier molecular flexibility index (Phi) is 5.67. The van der Waals surface area contributed by atoms with E-state index in [2.05, 4.69) is 11.4 Å². The lowest BCUT2D eigenvalue weighted by molar-refractivity contribution is -0.127. The summed E-state index contributed by atoms with van der Waals surface area (Å²) in [6.07, 6.45) is 6.42. The minimum atomic E-state index is -0.511. The molecular weight excluding hydrogens is 266 g/mol. The highest BCUT2D eigenvalue weighted by atomic mass is 16.5. The molecule has 1 atom stereocenters. The molecule has 0 heterocycles. The number of nitrogens with one attached hydrogen (secondary N) is 1. The van der Waals surface area contributed by atoms with Crippen molar-refractivity contribution < 1.29 is 14.3 Å². The fourth-order valence-corrected chi connectivity index (χ4v) is 2.32. The van der Waals surface area contributed by atoms with Crippen LogP contribution in [0.4, 0.5) is 0 Å². The molecule has 4 heteroatoms. The Labute approximate surface area is 126 Å². The Hall–Kier alpha value is -1.97. The molecule has 1 aliphatic rings. The van der Waals surface area contributed by atoms with Gasteiger partial charge in [-0.05, 0) is 56.9 Å². The minimum Gasteiger partial charge on any atom is -0.497 e. The molecule has 21 heavy (non-hydrogen) atoms. The van der Waals surface area contributed by atoms with E-state index < -0.39 is 6.10 Å². The van der Waals surface area contributed by atoms with Crippen LogP contribution in [0.1, 0.15) is 32.6 Å². The first-order chi connectivity index (χ1) is 10.2. The summed E-state index contributed by atoms with van der Waals surface area (Å²) in [5.74, 6) is 1.34. The molecule has 1 amide bonds. The maximum atomic E-state index is 12.0. The summed E-state index contributed by atoms with van der Waals surface area (Å²) in [4.78, 5) is 12.0. The van der Waals surface area contributed by atoms with E-state index in [-0.39, 0.29) is 5.91 Å². The van der Waals surface area contributed by atoms with Gasteiger partial charge >= 0.3 is 0 Å². The van der Waals surface area contributed by atoms with Crippen molar-refractivity contribution in [3.8, 4) is 11.5 Å². The Bertz CT molecular complexity index is 493. The third-order valence-electron chi connectivity index (χ3n) is 3.62. The molecule has 0 aliphatic heterocycles. The number of carbonyl (C=O) groups excluding carboxylic acids is 1. The first-order valence-corrected chi connectivity index (χ1v) is 7.45. The van der Waals surface area contributed by atoms with E-state index in [1.807, 2.05) is 12.1 Å². The van der Waals surface area contributed by atoms with E-state index >= 15 is 0 Å². The van der Waals surface area contributed by atoms with E-state index in [9.17, 15) is 4.79 Å². The van der Waals surface area contributed by atoms with Gasteiger partial charge in [0.15, 0.2) is 6.10 Å². The Balaban J connectivity index is 1.79. The number of rotatable bonds is 6. The molecule has 1 aromatic rings. The number of hydrogen-bond donors (Lipinski definition) is 1. The van der Waals surface area contributed by atoms with Gasteiger partial charge in [-0.25, -0.2) is 0 Å². The quantitative estimate of drug-likeness (QED) is 0.819. The number of hydrogen-bond acceptors (Lipinski definition) is 3.